The van der Waals surface area contributed by atoms with Crippen molar-refractivity contribution in [2.75, 3.05) is 18.0 Å². The first kappa shape index (κ1) is 14.3. The van der Waals surface area contributed by atoms with Crippen molar-refractivity contribution >= 4 is 21.7 Å². The maximum Gasteiger partial charge on any atom is 0.316 e. The molecule has 0 N–H and O–H groups in total. The Labute approximate surface area is 132 Å². The molecule has 1 unspecified atom stereocenters. The monoisotopic (exact) mass is 348 g/mol. The minimum absolute atomic E-state index is 0.0929. The van der Waals surface area contributed by atoms with Crippen molar-refractivity contribution in [2.24, 2.45) is 0 Å². The topological polar surface area (TPSA) is 51.1 Å². The number of pyridine rings is 1. The molecule has 0 radical (unpaired) electrons. The fraction of sp³-hybridized carbons (Fsp3) is 0.400. The molecule has 1 aliphatic rings. The van der Waals surface area contributed by atoms with Gasteiger partial charge in [-0.3, -0.25) is 0 Å². The fourth-order valence-electron chi connectivity index (χ4n) is 2.43. The molecule has 21 heavy (non-hydrogen) atoms. The lowest BCUT2D eigenvalue weighted by Gasteiger charge is -2.33. The van der Waals surface area contributed by atoms with E-state index in [0.717, 1.165) is 41.8 Å². The molecule has 5 nitrogen and oxygen atoms in total. The predicted octanol–water partition coefficient (Wildman–Crippen LogP) is 2.99. The number of nitrogens with zero attached hydrogens (tertiary/aromatic N) is 4. The van der Waals surface area contributed by atoms with Crippen LogP contribution in [0.15, 0.2) is 35.2 Å². The highest BCUT2D eigenvalue weighted by molar-refractivity contribution is 9.10. The molecule has 1 atom stereocenters. The molecule has 0 amide bonds. The Morgan fingerprint density at radius 1 is 1.29 bits per heavy atom. The largest absolute Gasteiger partial charge is 0.458 e. The van der Waals surface area contributed by atoms with Gasteiger partial charge >= 0.3 is 6.01 Å². The first-order valence-electron chi connectivity index (χ1n) is 7.03. The maximum absolute atomic E-state index is 5.89. The van der Waals surface area contributed by atoms with Gasteiger partial charge in [0.25, 0.3) is 0 Å². The van der Waals surface area contributed by atoms with Crippen LogP contribution in [0, 0.1) is 6.92 Å². The Morgan fingerprint density at radius 3 is 2.86 bits per heavy atom. The second kappa shape index (κ2) is 6.39. The van der Waals surface area contributed by atoms with Crippen LogP contribution in [-0.2, 0) is 0 Å². The van der Waals surface area contributed by atoms with E-state index in [2.05, 4.69) is 35.8 Å². The first-order valence-corrected chi connectivity index (χ1v) is 7.82. The summed E-state index contributed by atoms with van der Waals surface area (Å²) in [5, 5.41) is 0. The van der Waals surface area contributed by atoms with E-state index in [1.807, 2.05) is 25.3 Å². The van der Waals surface area contributed by atoms with Crippen LogP contribution >= 0.6 is 15.9 Å². The molecule has 0 aromatic carbocycles. The quantitative estimate of drug-likeness (QED) is 0.853. The molecule has 2 aromatic heterocycles. The Bertz CT molecular complexity index is 605. The number of hydrogen-bond donors (Lipinski definition) is 0. The second-order valence-electron chi connectivity index (χ2n) is 5.18. The third-order valence-electron chi connectivity index (χ3n) is 3.45. The van der Waals surface area contributed by atoms with Gasteiger partial charge in [0.2, 0.25) is 0 Å². The molecule has 0 saturated carbocycles. The molecule has 3 rings (SSSR count). The van der Waals surface area contributed by atoms with Gasteiger partial charge in [0.05, 0.1) is 11.0 Å². The minimum atomic E-state index is 0.0929. The second-order valence-corrected chi connectivity index (χ2v) is 6.03. The lowest BCUT2D eigenvalue weighted by Crippen LogP contribution is -2.42. The standard InChI is InChI=1S/C15H17BrN4O/c1-11-8-18-15(19-9-11)21-12-4-3-7-20(10-12)14-13(16)5-2-6-17-14/h2,5-6,8-9,12H,3-4,7,10H2,1H3. The highest BCUT2D eigenvalue weighted by Crippen LogP contribution is 2.26. The lowest BCUT2D eigenvalue weighted by atomic mass is 10.1. The number of piperidine rings is 1. The van der Waals surface area contributed by atoms with Crippen LogP contribution in [0.1, 0.15) is 18.4 Å². The summed E-state index contributed by atoms with van der Waals surface area (Å²) < 4.78 is 6.91. The summed E-state index contributed by atoms with van der Waals surface area (Å²) in [6, 6.07) is 4.38. The van der Waals surface area contributed by atoms with Crippen LogP contribution in [0.5, 0.6) is 6.01 Å². The number of ether oxygens (including phenoxy) is 1. The first-order chi connectivity index (χ1) is 10.2. The van der Waals surface area contributed by atoms with Gasteiger partial charge in [-0.25, -0.2) is 15.0 Å². The van der Waals surface area contributed by atoms with E-state index in [9.17, 15) is 0 Å². The zero-order valence-corrected chi connectivity index (χ0v) is 13.5. The number of hydrogen-bond acceptors (Lipinski definition) is 5. The van der Waals surface area contributed by atoms with E-state index in [1.165, 1.54) is 0 Å². The van der Waals surface area contributed by atoms with Crippen molar-refractivity contribution in [3.63, 3.8) is 0 Å². The van der Waals surface area contributed by atoms with Gasteiger partial charge in [0.15, 0.2) is 0 Å². The molecule has 3 heterocycles. The Morgan fingerprint density at radius 2 is 2.10 bits per heavy atom. The summed E-state index contributed by atoms with van der Waals surface area (Å²) in [6.45, 7) is 3.75. The summed E-state index contributed by atoms with van der Waals surface area (Å²) >= 11 is 3.56. The predicted molar refractivity (Wildman–Crippen MR) is 84.6 cm³/mol. The van der Waals surface area contributed by atoms with Crippen molar-refractivity contribution in [3.05, 3.63) is 40.8 Å². The number of rotatable bonds is 3. The Kier molecular flexibility index (Phi) is 4.34. The van der Waals surface area contributed by atoms with Crippen LogP contribution in [0.3, 0.4) is 0 Å². The molecular formula is C15H17BrN4O. The maximum atomic E-state index is 5.89. The summed E-state index contributed by atoms with van der Waals surface area (Å²) in [6.07, 6.45) is 7.54. The average molecular weight is 349 g/mol. The Hall–Kier alpha value is -1.69. The van der Waals surface area contributed by atoms with Crippen molar-refractivity contribution in [2.45, 2.75) is 25.9 Å². The molecule has 1 saturated heterocycles. The molecule has 2 aromatic rings. The van der Waals surface area contributed by atoms with E-state index in [0.29, 0.717) is 6.01 Å². The smallest absolute Gasteiger partial charge is 0.316 e. The van der Waals surface area contributed by atoms with Gasteiger partial charge < -0.3 is 9.64 Å². The zero-order chi connectivity index (χ0) is 14.7. The molecule has 0 spiro atoms. The van der Waals surface area contributed by atoms with Crippen LogP contribution in [0.25, 0.3) is 0 Å². The van der Waals surface area contributed by atoms with E-state index in [4.69, 9.17) is 4.74 Å². The number of aromatic nitrogens is 3. The molecule has 1 aliphatic heterocycles. The van der Waals surface area contributed by atoms with Gasteiger partial charge in [-0.15, -0.1) is 0 Å². The minimum Gasteiger partial charge on any atom is -0.458 e. The molecule has 1 fully saturated rings. The molecule has 6 heteroatoms. The summed E-state index contributed by atoms with van der Waals surface area (Å²) in [7, 11) is 0. The van der Waals surface area contributed by atoms with Crippen LogP contribution in [-0.4, -0.2) is 34.1 Å². The van der Waals surface area contributed by atoms with Gasteiger partial charge in [-0.2, -0.15) is 0 Å². The van der Waals surface area contributed by atoms with E-state index in [1.54, 1.807) is 12.4 Å². The summed E-state index contributed by atoms with van der Waals surface area (Å²) in [5.41, 5.74) is 1.03. The molecule has 0 bridgehead atoms. The summed E-state index contributed by atoms with van der Waals surface area (Å²) in [4.78, 5) is 15.1. The van der Waals surface area contributed by atoms with Gasteiger partial charge in [-0.1, -0.05) is 0 Å². The highest BCUT2D eigenvalue weighted by Gasteiger charge is 2.24. The van der Waals surface area contributed by atoms with Gasteiger partial charge in [-0.05, 0) is 53.4 Å². The van der Waals surface area contributed by atoms with Crippen molar-refractivity contribution in [3.8, 4) is 6.01 Å². The normalized spacial score (nSPS) is 18.6. The van der Waals surface area contributed by atoms with Crippen LogP contribution in [0.4, 0.5) is 5.82 Å². The van der Waals surface area contributed by atoms with Crippen molar-refractivity contribution < 1.29 is 4.74 Å². The summed E-state index contributed by atoms with van der Waals surface area (Å²) in [5.74, 6) is 0.968. The number of halogens is 1. The zero-order valence-electron chi connectivity index (χ0n) is 11.9. The van der Waals surface area contributed by atoms with Crippen LogP contribution < -0.4 is 9.64 Å². The molecule has 0 aliphatic carbocycles. The van der Waals surface area contributed by atoms with Gasteiger partial charge in [0.1, 0.15) is 11.9 Å². The average Bonchev–Trinajstić information content (AvgIpc) is 2.50. The third kappa shape index (κ3) is 3.50. The highest BCUT2D eigenvalue weighted by atomic mass is 79.9. The van der Waals surface area contributed by atoms with Crippen LogP contribution in [0.2, 0.25) is 0 Å². The van der Waals surface area contributed by atoms with Crippen molar-refractivity contribution in [1.29, 1.82) is 0 Å². The fourth-order valence-corrected chi connectivity index (χ4v) is 2.93. The third-order valence-corrected chi connectivity index (χ3v) is 4.07. The van der Waals surface area contributed by atoms with E-state index in [-0.39, 0.29) is 6.10 Å². The number of anilines is 1. The van der Waals surface area contributed by atoms with Gasteiger partial charge in [0, 0.05) is 25.1 Å². The van der Waals surface area contributed by atoms with E-state index < -0.39 is 0 Å². The van der Waals surface area contributed by atoms with E-state index >= 15 is 0 Å². The molecular weight excluding hydrogens is 332 g/mol. The van der Waals surface area contributed by atoms with Crippen molar-refractivity contribution in [1.82, 2.24) is 15.0 Å². The molecule has 110 valence electrons. The Balaban J connectivity index is 1.68. The lowest BCUT2D eigenvalue weighted by molar-refractivity contribution is 0.164. The number of aryl methyl sites for hydroxylation is 1. The SMILES string of the molecule is Cc1cnc(OC2CCCN(c3ncccc3Br)C2)nc1.